The molecule has 1 unspecified atom stereocenters. The van der Waals surface area contributed by atoms with E-state index in [1.165, 1.54) is 30.3 Å². The van der Waals surface area contributed by atoms with Gasteiger partial charge < -0.3 is 10.1 Å². The molecule has 220 valence electrons. The maximum absolute atomic E-state index is 15.3. The van der Waals surface area contributed by atoms with E-state index in [1.54, 1.807) is 0 Å². The number of ether oxygens (including phenoxy) is 1. The van der Waals surface area contributed by atoms with Gasteiger partial charge in [-0.05, 0) is 60.4 Å². The number of nitrogens with one attached hydrogen (secondary N) is 1. The van der Waals surface area contributed by atoms with Crippen LogP contribution in [0.1, 0.15) is 45.8 Å². The number of hydrogen-bond acceptors (Lipinski definition) is 4. The van der Waals surface area contributed by atoms with Crippen LogP contribution in [0.3, 0.4) is 0 Å². The number of anilines is 1. The van der Waals surface area contributed by atoms with Crippen molar-refractivity contribution in [3.8, 4) is 0 Å². The van der Waals surface area contributed by atoms with Gasteiger partial charge >= 0.3 is 0 Å². The van der Waals surface area contributed by atoms with Gasteiger partial charge in [-0.15, -0.1) is 23.2 Å². The zero-order valence-corrected chi connectivity index (χ0v) is 24.7. The van der Waals surface area contributed by atoms with E-state index in [9.17, 15) is 23.2 Å². The Balaban J connectivity index is 1.30. The Labute approximate surface area is 259 Å². The molecule has 2 fully saturated rings. The second kappa shape index (κ2) is 12.2. The van der Waals surface area contributed by atoms with Crippen molar-refractivity contribution in [3.63, 3.8) is 0 Å². The van der Waals surface area contributed by atoms with Crippen LogP contribution in [0.4, 0.5) is 18.9 Å². The summed E-state index contributed by atoms with van der Waals surface area (Å²) in [5, 5.41) is 2.56. The van der Waals surface area contributed by atoms with Crippen molar-refractivity contribution < 1.29 is 32.3 Å². The first-order chi connectivity index (χ1) is 19.9. The fourth-order valence-electron chi connectivity index (χ4n) is 5.14. The smallest absolute Gasteiger partial charge is 0.231 e. The molecule has 1 aliphatic heterocycles. The predicted octanol–water partition coefficient (Wildman–Crippen LogP) is 7.65. The van der Waals surface area contributed by atoms with Gasteiger partial charge in [-0.2, -0.15) is 0 Å². The third-order valence-electron chi connectivity index (χ3n) is 7.43. The third-order valence-corrected chi connectivity index (χ3v) is 8.99. The molecule has 5 nitrogen and oxygen atoms in total. The summed E-state index contributed by atoms with van der Waals surface area (Å²) in [4.78, 5) is 38.7. The Morgan fingerprint density at radius 1 is 0.929 bits per heavy atom. The molecule has 1 aliphatic carbocycles. The van der Waals surface area contributed by atoms with E-state index in [4.69, 9.17) is 51.1 Å². The van der Waals surface area contributed by atoms with E-state index < -0.39 is 75.6 Å². The fourth-order valence-corrected chi connectivity index (χ4v) is 6.38. The second-order valence-electron chi connectivity index (χ2n) is 10.2. The maximum Gasteiger partial charge on any atom is 0.231 e. The summed E-state index contributed by atoms with van der Waals surface area (Å²) in [5.74, 6) is -5.66. The van der Waals surface area contributed by atoms with Crippen LogP contribution in [0.25, 0.3) is 0 Å². The van der Waals surface area contributed by atoms with E-state index in [-0.39, 0.29) is 26.9 Å². The molecule has 1 heterocycles. The van der Waals surface area contributed by atoms with E-state index in [1.807, 2.05) is 0 Å². The highest BCUT2D eigenvalue weighted by molar-refractivity contribution is 6.53. The summed E-state index contributed by atoms with van der Waals surface area (Å²) >= 11 is 24.8. The number of alkyl halides is 2. The average Bonchev–Trinajstić information content (AvgIpc) is 3.25. The van der Waals surface area contributed by atoms with Gasteiger partial charge in [-0.25, -0.2) is 13.2 Å². The van der Waals surface area contributed by atoms with E-state index in [0.717, 1.165) is 18.2 Å². The maximum atomic E-state index is 15.3. The largest absolute Gasteiger partial charge is 0.370 e. The molecule has 0 bridgehead atoms. The SMILES string of the molecule is O=C(Cc1ccc(F)c(CC(=O)C2CCCO2)c1F)c1cc(NC(=O)[C@H]2[C@H](c3ccc(F)c(Cl)c3)C2(Cl)Cl)ccc1Cl. The van der Waals surface area contributed by atoms with Gasteiger partial charge in [0, 0.05) is 42.2 Å². The molecular weight excluding hydrogens is 637 g/mol. The number of rotatable bonds is 9. The van der Waals surface area contributed by atoms with Gasteiger partial charge in [0.1, 0.15) is 27.9 Å². The summed E-state index contributed by atoms with van der Waals surface area (Å²) in [7, 11) is 0. The fraction of sp³-hybridized carbons (Fsp3) is 0.300. The van der Waals surface area contributed by atoms with Gasteiger partial charge in [0.05, 0.1) is 16.0 Å². The van der Waals surface area contributed by atoms with Crippen LogP contribution in [0.15, 0.2) is 48.5 Å². The number of ketones is 2. The Bertz CT molecular complexity index is 1590. The van der Waals surface area contributed by atoms with Crippen LogP contribution in [0, 0.1) is 23.4 Å². The van der Waals surface area contributed by atoms with Crippen LogP contribution >= 0.6 is 46.4 Å². The van der Waals surface area contributed by atoms with Gasteiger partial charge in [0.2, 0.25) is 5.91 Å². The highest BCUT2D eigenvalue weighted by Crippen LogP contribution is 2.65. The van der Waals surface area contributed by atoms with Crippen LogP contribution in [-0.4, -0.2) is 34.5 Å². The van der Waals surface area contributed by atoms with Crippen molar-refractivity contribution in [3.05, 3.63) is 98.3 Å². The van der Waals surface area contributed by atoms with E-state index >= 15 is 4.39 Å². The van der Waals surface area contributed by atoms with E-state index in [0.29, 0.717) is 25.0 Å². The molecule has 1 saturated carbocycles. The van der Waals surface area contributed by atoms with Crippen LogP contribution in [0.5, 0.6) is 0 Å². The topological polar surface area (TPSA) is 72.5 Å². The highest BCUT2D eigenvalue weighted by atomic mass is 35.5. The normalized spacial score (nSPS) is 20.8. The standard InChI is InChI=1S/C30H22Cl4F3NO4/c31-19-6-5-16(38-29(41)27-26(30(27,33)34)14-3-8-22(36)20(32)10-14)12-17(19)23(39)11-15-4-7-21(35)18(28(15)37)13-24(40)25-2-1-9-42-25/h3-8,10,12,25-27H,1-2,9,11,13H2,(H,38,41)/t25?,26-,27+/m0/s1. The Morgan fingerprint density at radius 3 is 2.36 bits per heavy atom. The molecule has 5 rings (SSSR count). The number of carbonyl (C=O) groups excluding carboxylic acids is 3. The minimum atomic E-state index is -1.47. The molecule has 2 aliphatic rings. The molecule has 3 aromatic rings. The molecule has 12 heteroatoms. The molecular formula is C30H22Cl4F3NO4. The molecule has 1 amide bonds. The lowest BCUT2D eigenvalue weighted by Gasteiger charge is -2.13. The minimum absolute atomic E-state index is 0.0177. The minimum Gasteiger partial charge on any atom is -0.370 e. The first-order valence-corrected chi connectivity index (χ1v) is 14.5. The number of benzene rings is 3. The van der Waals surface area contributed by atoms with E-state index in [2.05, 4.69) is 5.32 Å². The number of halogens is 7. The van der Waals surface area contributed by atoms with Crippen LogP contribution in [-0.2, 0) is 27.2 Å². The first-order valence-electron chi connectivity index (χ1n) is 12.9. The molecule has 0 radical (unpaired) electrons. The zero-order valence-electron chi connectivity index (χ0n) is 21.7. The number of hydrogen-bond donors (Lipinski definition) is 1. The van der Waals surface area contributed by atoms with Crippen LogP contribution < -0.4 is 5.32 Å². The summed E-state index contributed by atoms with van der Waals surface area (Å²) in [6.45, 7) is 0.416. The monoisotopic (exact) mass is 657 g/mol. The van der Waals surface area contributed by atoms with Gasteiger partial charge in [-0.1, -0.05) is 35.3 Å². The molecule has 1 N–H and O–H groups in total. The summed E-state index contributed by atoms with van der Waals surface area (Å²) < 4.78 is 47.2. The highest BCUT2D eigenvalue weighted by Gasteiger charge is 2.67. The zero-order chi connectivity index (χ0) is 30.3. The number of amides is 1. The first kappa shape index (κ1) is 30.8. The molecule has 42 heavy (non-hydrogen) atoms. The third kappa shape index (κ3) is 6.19. The Hall–Kier alpha value is -2.62. The average molecular weight is 659 g/mol. The molecule has 3 atom stereocenters. The molecule has 0 aromatic heterocycles. The van der Waals surface area contributed by atoms with Crippen molar-refractivity contribution in [2.75, 3.05) is 11.9 Å². The lowest BCUT2D eigenvalue weighted by atomic mass is 9.96. The summed E-state index contributed by atoms with van der Waals surface area (Å²) in [5.41, 5.74) is 0.115. The van der Waals surface area contributed by atoms with Crippen molar-refractivity contribution in [1.29, 1.82) is 0 Å². The molecule has 0 spiro atoms. The number of carbonyl (C=O) groups is 3. The second-order valence-corrected chi connectivity index (χ2v) is 12.5. The van der Waals surface area contributed by atoms with Crippen molar-refractivity contribution in [2.45, 2.75) is 42.0 Å². The quantitative estimate of drug-likeness (QED) is 0.189. The Kier molecular flexibility index (Phi) is 8.93. The summed E-state index contributed by atoms with van der Waals surface area (Å²) in [6, 6.07) is 10.3. The van der Waals surface area contributed by atoms with Crippen molar-refractivity contribution in [1.82, 2.24) is 0 Å². The van der Waals surface area contributed by atoms with Crippen LogP contribution in [0.2, 0.25) is 10.0 Å². The van der Waals surface area contributed by atoms with Crippen molar-refractivity contribution >= 4 is 69.6 Å². The van der Waals surface area contributed by atoms with Crippen molar-refractivity contribution in [2.24, 2.45) is 5.92 Å². The lowest BCUT2D eigenvalue weighted by Crippen LogP contribution is -2.23. The van der Waals surface area contributed by atoms with Gasteiger partial charge in [0.15, 0.2) is 11.6 Å². The lowest BCUT2D eigenvalue weighted by molar-refractivity contribution is -0.127. The molecule has 1 saturated heterocycles. The Morgan fingerprint density at radius 2 is 1.67 bits per heavy atom. The summed E-state index contributed by atoms with van der Waals surface area (Å²) in [6.07, 6.45) is -0.495. The van der Waals surface area contributed by atoms with Gasteiger partial charge in [-0.3, -0.25) is 14.4 Å². The van der Waals surface area contributed by atoms with Gasteiger partial charge in [0.25, 0.3) is 0 Å². The molecule has 3 aromatic carbocycles. The number of Topliss-reactive ketones (excluding diaryl/α,β-unsaturated/α-hetero) is 2. The predicted molar refractivity (Wildman–Crippen MR) is 154 cm³/mol.